The molecule has 0 heterocycles. The summed E-state index contributed by atoms with van der Waals surface area (Å²) in [5.74, 6) is -1.04. The van der Waals surface area contributed by atoms with Crippen LogP contribution in [-0.2, 0) is 9.59 Å². The van der Waals surface area contributed by atoms with Crippen LogP contribution in [0.1, 0.15) is 6.92 Å². The second-order valence-electron chi connectivity index (χ2n) is 2.76. The molecule has 1 unspecified atom stereocenters. The van der Waals surface area contributed by atoms with Crippen molar-refractivity contribution in [3.05, 3.63) is 0 Å². The maximum Gasteiger partial charge on any atom is 0.253 e. The Morgan fingerprint density at radius 1 is 1.07 bits per heavy atom. The van der Waals surface area contributed by atoms with Crippen LogP contribution >= 0.6 is 46.4 Å². The molecule has 1 atom stereocenters. The van der Waals surface area contributed by atoms with Gasteiger partial charge in [-0.15, -0.1) is 0 Å². The predicted octanol–water partition coefficient (Wildman–Crippen LogP) is 1.21. The van der Waals surface area contributed by atoms with Crippen LogP contribution in [0, 0.1) is 0 Å². The van der Waals surface area contributed by atoms with Crippen molar-refractivity contribution in [2.45, 2.75) is 22.6 Å². The van der Waals surface area contributed by atoms with Crippen molar-refractivity contribution >= 4 is 58.2 Å². The molecule has 0 aliphatic carbocycles. The van der Waals surface area contributed by atoms with Crippen molar-refractivity contribution in [1.82, 2.24) is 10.6 Å². The summed E-state index contributed by atoms with van der Waals surface area (Å²) < 4.78 is 0. The number of hydrogen-bond donors (Lipinski definition) is 2. The van der Waals surface area contributed by atoms with Crippen LogP contribution in [0.4, 0.5) is 0 Å². The van der Waals surface area contributed by atoms with Crippen LogP contribution < -0.4 is 10.6 Å². The molecule has 0 aliphatic heterocycles. The first-order valence-electron chi connectivity index (χ1n) is 3.99. The van der Waals surface area contributed by atoms with Gasteiger partial charge in [0.1, 0.15) is 0 Å². The molecule has 0 aromatic carbocycles. The molecule has 0 aliphatic rings. The lowest BCUT2D eigenvalue weighted by atomic mass is 10.3. The smallest absolute Gasteiger partial charge is 0.253 e. The SMILES string of the molecule is CC(CNC(=O)C(Cl)Cl)NC(=O)C(Cl)Cl. The molecule has 0 aromatic rings. The Bertz CT molecular complexity index is 235. The summed E-state index contributed by atoms with van der Waals surface area (Å²) in [6, 6.07) is -0.312. The van der Waals surface area contributed by atoms with Gasteiger partial charge in [-0.3, -0.25) is 9.59 Å². The van der Waals surface area contributed by atoms with E-state index in [1.165, 1.54) is 0 Å². The normalized spacial score (nSPS) is 12.7. The highest BCUT2D eigenvalue weighted by molar-refractivity contribution is 6.54. The lowest BCUT2D eigenvalue weighted by Gasteiger charge is -2.15. The van der Waals surface area contributed by atoms with E-state index in [2.05, 4.69) is 10.6 Å². The number of hydrogen-bond acceptors (Lipinski definition) is 2. The minimum absolute atomic E-state index is 0.195. The number of halogens is 4. The quantitative estimate of drug-likeness (QED) is 0.749. The molecule has 0 saturated carbocycles. The van der Waals surface area contributed by atoms with Crippen LogP contribution in [-0.4, -0.2) is 34.1 Å². The van der Waals surface area contributed by atoms with Crippen molar-refractivity contribution in [3.8, 4) is 0 Å². The third-order valence-electron chi connectivity index (χ3n) is 1.37. The van der Waals surface area contributed by atoms with Crippen LogP contribution in [0.3, 0.4) is 0 Å². The monoisotopic (exact) mass is 294 g/mol. The van der Waals surface area contributed by atoms with E-state index in [9.17, 15) is 9.59 Å². The fraction of sp³-hybridized carbons (Fsp3) is 0.714. The number of carbonyl (C=O) groups excluding carboxylic acids is 2. The molecule has 0 saturated heterocycles. The average molecular weight is 296 g/mol. The van der Waals surface area contributed by atoms with E-state index in [1.54, 1.807) is 6.92 Å². The topological polar surface area (TPSA) is 58.2 Å². The largest absolute Gasteiger partial charge is 0.352 e. The van der Waals surface area contributed by atoms with Crippen LogP contribution in [0.15, 0.2) is 0 Å². The van der Waals surface area contributed by atoms with Gasteiger partial charge in [0.2, 0.25) is 0 Å². The third-order valence-corrected chi connectivity index (χ3v) is 2.16. The van der Waals surface area contributed by atoms with E-state index in [0.717, 1.165) is 0 Å². The minimum Gasteiger partial charge on any atom is -0.352 e. The zero-order chi connectivity index (χ0) is 12.0. The van der Waals surface area contributed by atoms with Gasteiger partial charge in [-0.05, 0) is 6.92 Å². The van der Waals surface area contributed by atoms with Gasteiger partial charge in [-0.1, -0.05) is 46.4 Å². The molecule has 2 amide bonds. The van der Waals surface area contributed by atoms with Gasteiger partial charge in [0, 0.05) is 12.6 Å². The van der Waals surface area contributed by atoms with Crippen LogP contribution in [0.5, 0.6) is 0 Å². The number of carbonyl (C=O) groups is 2. The fourth-order valence-electron chi connectivity index (χ4n) is 0.688. The first kappa shape index (κ1) is 15.1. The lowest BCUT2D eigenvalue weighted by molar-refractivity contribution is -0.121. The van der Waals surface area contributed by atoms with E-state index in [-0.39, 0.29) is 12.6 Å². The number of amides is 2. The highest BCUT2D eigenvalue weighted by Crippen LogP contribution is 2.02. The van der Waals surface area contributed by atoms with Crippen molar-refractivity contribution in [2.24, 2.45) is 0 Å². The minimum atomic E-state index is -1.13. The first-order chi connectivity index (χ1) is 6.84. The summed E-state index contributed by atoms with van der Waals surface area (Å²) in [4.78, 5) is 19.7. The average Bonchev–Trinajstić information content (AvgIpc) is 2.13. The summed E-state index contributed by atoms with van der Waals surface area (Å²) in [6.45, 7) is 1.87. The Balaban J connectivity index is 3.80. The Morgan fingerprint density at radius 3 is 1.93 bits per heavy atom. The zero-order valence-electron chi connectivity index (χ0n) is 7.77. The molecule has 0 fully saturated rings. The molecule has 0 radical (unpaired) electrons. The summed E-state index contributed by atoms with van der Waals surface area (Å²) >= 11 is 21.2. The number of nitrogens with one attached hydrogen (secondary N) is 2. The molecule has 0 aromatic heterocycles. The Hall–Kier alpha value is 0.1000. The van der Waals surface area contributed by atoms with E-state index < -0.39 is 21.5 Å². The van der Waals surface area contributed by atoms with Crippen molar-refractivity contribution in [3.63, 3.8) is 0 Å². The van der Waals surface area contributed by atoms with Crippen molar-refractivity contribution in [1.29, 1.82) is 0 Å². The van der Waals surface area contributed by atoms with Crippen LogP contribution in [0.25, 0.3) is 0 Å². The van der Waals surface area contributed by atoms with Gasteiger partial charge in [0.15, 0.2) is 9.67 Å². The summed E-state index contributed by atoms with van der Waals surface area (Å²) in [5, 5.41) is 4.89. The Labute approximate surface area is 108 Å². The van der Waals surface area contributed by atoms with Crippen molar-refractivity contribution < 1.29 is 9.59 Å². The molecule has 8 heteroatoms. The van der Waals surface area contributed by atoms with Gasteiger partial charge in [-0.2, -0.15) is 0 Å². The van der Waals surface area contributed by atoms with E-state index in [4.69, 9.17) is 46.4 Å². The Morgan fingerprint density at radius 2 is 1.53 bits per heavy atom. The first-order valence-corrected chi connectivity index (χ1v) is 5.73. The highest BCUT2D eigenvalue weighted by atomic mass is 35.5. The molecule has 15 heavy (non-hydrogen) atoms. The second-order valence-corrected chi connectivity index (χ2v) is 4.95. The van der Waals surface area contributed by atoms with E-state index in [1.807, 2.05) is 0 Å². The number of alkyl halides is 4. The van der Waals surface area contributed by atoms with E-state index in [0.29, 0.717) is 0 Å². The van der Waals surface area contributed by atoms with Crippen LogP contribution in [0.2, 0.25) is 0 Å². The number of rotatable bonds is 5. The predicted molar refractivity (Wildman–Crippen MR) is 61.6 cm³/mol. The maximum atomic E-state index is 11.0. The van der Waals surface area contributed by atoms with Gasteiger partial charge in [-0.25, -0.2) is 0 Å². The molecular weight excluding hydrogens is 286 g/mol. The molecule has 0 rings (SSSR count). The zero-order valence-corrected chi connectivity index (χ0v) is 10.8. The molecule has 2 N–H and O–H groups in total. The van der Waals surface area contributed by atoms with Gasteiger partial charge in [0.25, 0.3) is 11.8 Å². The second kappa shape index (κ2) is 7.39. The van der Waals surface area contributed by atoms with E-state index >= 15 is 0 Å². The van der Waals surface area contributed by atoms with Gasteiger partial charge in [0.05, 0.1) is 0 Å². The fourth-order valence-corrected chi connectivity index (χ4v) is 0.968. The standard InChI is InChI=1S/C7H10Cl4N2O2/c1-3(13-7(15)5(10)11)2-12-6(14)4(8)9/h3-5H,2H2,1H3,(H,12,14)(H,13,15). The third kappa shape index (κ3) is 7.06. The summed E-state index contributed by atoms with van der Waals surface area (Å²) in [6.07, 6.45) is 0. The molecule has 4 nitrogen and oxygen atoms in total. The summed E-state index contributed by atoms with van der Waals surface area (Å²) in [5.41, 5.74) is 0. The summed E-state index contributed by atoms with van der Waals surface area (Å²) in [7, 11) is 0. The molecular formula is C7H10Cl4N2O2. The molecule has 88 valence electrons. The lowest BCUT2D eigenvalue weighted by Crippen LogP contribution is -2.44. The van der Waals surface area contributed by atoms with Crippen molar-refractivity contribution in [2.75, 3.05) is 6.54 Å². The maximum absolute atomic E-state index is 11.0. The van der Waals surface area contributed by atoms with Gasteiger partial charge >= 0.3 is 0 Å². The van der Waals surface area contributed by atoms with Gasteiger partial charge < -0.3 is 10.6 Å². The Kier molecular flexibility index (Phi) is 7.44. The molecule has 0 spiro atoms. The molecule has 0 bridgehead atoms. The highest BCUT2D eigenvalue weighted by Gasteiger charge is 2.16.